The fraction of sp³-hybridized carbons (Fsp3) is 0.531. The summed E-state index contributed by atoms with van der Waals surface area (Å²) in [4.78, 5) is 14.0. The molecule has 4 heterocycles. The predicted octanol–water partition coefficient (Wildman–Crippen LogP) is -3.22. The van der Waals surface area contributed by atoms with Crippen LogP contribution in [0.5, 0.6) is 28.7 Å². The van der Waals surface area contributed by atoms with Crippen molar-refractivity contribution < 1.29 is 94.1 Å². The number of fused-ring (bicyclic) bond motifs is 1. The van der Waals surface area contributed by atoms with E-state index in [1.165, 1.54) is 13.0 Å². The predicted molar refractivity (Wildman–Crippen MR) is 167 cm³/mol. The second kappa shape index (κ2) is 14.9. The van der Waals surface area contributed by atoms with Gasteiger partial charge in [0.2, 0.25) is 17.5 Å². The first-order valence-electron chi connectivity index (χ1n) is 15.9. The molecule has 20 heteroatoms. The topological polar surface area (TPSA) is 328 Å². The molecule has 2 aromatic carbocycles. The molecule has 12 N–H and O–H groups in total. The summed E-state index contributed by atoms with van der Waals surface area (Å²) in [6.45, 7) is 0.171. The molecule has 1 aromatic heterocycles. The highest BCUT2D eigenvalue weighted by molar-refractivity contribution is 5.88. The van der Waals surface area contributed by atoms with Crippen molar-refractivity contribution in [3.05, 3.63) is 40.6 Å². The minimum Gasteiger partial charge on any atom is -0.508 e. The van der Waals surface area contributed by atoms with E-state index in [2.05, 4.69) is 0 Å². The van der Waals surface area contributed by atoms with E-state index in [1.54, 1.807) is 0 Å². The lowest BCUT2D eigenvalue weighted by Crippen LogP contribution is -2.64. The Morgan fingerprint density at radius 2 is 1.44 bits per heavy atom. The number of benzene rings is 2. The molecule has 3 aliphatic rings. The molecule has 0 amide bonds. The van der Waals surface area contributed by atoms with Crippen LogP contribution >= 0.6 is 0 Å². The van der Waals surface area contributed by atoms with Gasteiger partial charge in [0.15, 0.2) is 35.9 Å². The number of ether oxygens (including phenoxy) is 6. The quantitative estimate of drug-likeness (QED) is 0.101. The van der Waals surface area contributed by atoms with Crippen molar-refractivity contribution in [3.63, 3.8) is 0 Å². The van der Waals surface area contributed by atoms with E-state index < -0.39 is 145 Å². The molecular weight excluding hydrogens is 704 g/mol. The van der Waals surface area contributed by atoms with Crippen LogP contribution in [-0.2, 0) is 23.7 Å². The number of hydrogen-bond acceptors (Lipinski definition) is 20. The maximum absolute atomic E-state index is 14.0. The van der Waals surface area contributed by atoms with Crippen molar-refractivity contribution >= 4 is 11.0 Å². The molecule has 0 saturated carbocycles. The molecular formula is C32H38O20. The molecule has 0 spiro atoms. The number of phenolic OH excluding ortho intramolecular Hbond substituents is 4. The normalized spacial score (nSPS) is 36.9. The zero-order valence-electron chi connectivity index (χ0n) is 27.0. The molecule has 286 valence electrons. The number of phenols is 4. The Morgan fingerprint density at radius 3 is 2.15 bits per heavy atom. The third-order valence-electron chi connectivity index (χ3n) is 9.01. The van der Waals surface area contributed by atoms with Crippen LogP contribution in [0.1, 0.15) is 6.92 Å². The van der Waals surface area contributed by atoms with Gasteiger partial charge >= 0.3 is 0 Å². The van der Waals surface area contributed by atoms with E-state index in [0.717, 1.165) is 24.3 Å². The molecule has 3 saturated heterocycles. The van der Waals surface area contributed by atoms with E-state index >= 15 is 0 Å². The second-order valence-corrected chi connectivity index (χ2v) is 12.6. The van der Waals surface area contributed by atoms with Gasteiger partial charge in [0.25, 0.3) is 0 Å². The van der Waals surface area contributed by atoms with Crippen LogP contribution in [0, 0.1) is 0 Å². The maximum Gasteiger partial charge on any atom is 0.239 e. The molecule has 0 radical (unpaired) electrons. The van der Waals surface area contributed by atoms with E-state index in [-0.39, 0.29) is 11.1 Å². The van der Waals surface area contributed by atoms with Crippen LogP contribution < -0.4 is 10.2 Å². The van der Waals surface area contributed by atoms with Crippen LogP contribution in [0.4, 0.5) is 0 Å². The average Bonchev–Trinajstić information content (AvgIpc) is 3.10. The molecule has 6 rings (SSSR count). The number of aliphatic hydroxyl groups excluding tert-OH is 8. The van der Waals surface area contributed by atoms with Gasteiger partial charge in [-0.2, -0.15) is 0 Å². The lowest BCUT2D eigenvalue weighted by molar-refractivity contribution is -0.352. The molecule has 0 bridgehead atoms. The van der Waals surface area contributed by atoms with Crippen LogP contribution in [-0.4, -0.2) is 161 Å². The number of aromatic hydroxyl groups is 4. The first kappa shape index (κ1) is 37.9. The van der Waals surface area contributed by atoms with Gasteiger partial charge in [0, 0.05) is 17.7 Å². The number of aliphatic hydroxyl groups is 8. The van der Waals surface area contributed by atoms with Gasteiger partial charge in [-0.3, -0.25) is 4.79 Å². The summed E-state index contributed by atoms with van der Waals surface area (Å²) in [7, 11) is 0. The second-order valence-electron chi connectivity index (χ2n) is 12.6. The lowest BCUT2D eigenvalue weighted by atomic mass is 9.98. The lowest BCUT2D eigenvalue weighted by Gasteiger charge is -2.45. The van der Waals surface area contributed by atoms with Crippen molar-refractivity contribution in [2.45, 2.75) is 92.9 Å². The average molecular weight is 743 g/mol. The minimum absolute atomic E-state index is 0.0951. The van der Waals surface area contributed by atoms with Gasteiger partial charge in [-0.25, -0.2) is 0 Å². The Kier molecular flexibility index (Phi) is 10.8. The Morgan fingerprint density at radius 1 is 0.731 bits per heavy atom. The SMILES string of the molecule is CC1O[C@@H](OCC2O[C@@H](Oc3c(-c4ccc(O)c(O)c4)oc4cc(O)cc(O)c4c3=O)C(O[C@@H]3OC[C@@H](O)C(O)[C@H]3O)C(O)[C@@H]2O)C(O)[C@@H](O)[C@H]1O. The fourth-order valence-corrected chi connectivity index (χ4v) is 6.02. The molecule has 0 aliphatic carbocycles. The summed E-state index contributed by atoms with van der Waals surface area (Å²) in [5.74, 6) is -3.67. The Bertz CT molecular complexity index is 1800. The molecule has 6 unspecified atom stereocenters. The summed E-state index contributed by atoms with van der Waals surface area (Å²) in [5, 5.41) is 124. The Balaban J connectivity index is 1.39. The van der Waals surface area contributed by atoms with Crippen molar-refractivity contribution in [2.75, 3.05) is 13.2 Å². The van der Waals surface area contributed by atoms with Gasteiger partial charge < -0.3 is 94.1 Å². The molecule has 20 nitrogen and oxygen atoms in total. The third-order valence-corrected chi connectivity index (χ3v) is 9.01. The largest absolute Gasteiger partial charge is 0.508 e. The van der Waals surface area contributed by atoms with Gasteiger partial charge in [0.1, 0.15) is 77.4 Å². The summed E-state index contributed by atoms with van der Waals surface area (Å²) in [6.07, 6.45) is -23.9. The van der Waals surface area contributed by atoms with E-state index in [0.29, 0.717) is 0 Å². The van der Waals surface area contributed by atoms with E-state index in [1.807, 2.05) is 0 Å². The first-order valence-corrected chi connectivity index (χ1v) is 15.9. The molecule has 3 aliphatic heterocycles. The van der Waals surface area contributed by atoms with Crippen molar-refractivity contribution in [3.8, 4) is 40.1 Å². The van der Waals surface area contributed by atoms with Crippen LogP contribution in [0.3, 0.4) is 0 Å². The van der Waals surface area contributed by atoms with Crippen molar-refractivity contribution in [2.24, 2.45) is 0 Å². The highest BCUT2D eigenvalue weighted by Gasteiger charge is 2.51. The standard InChI is InChI=1S/C32H38O20/c1-9-19(38)23(42)26(45)30(48-9)47-8-17-21(40)24(43)29(52-31-25(44)20(39)15(37)7-46-31)32(50-17)51-28-22(41)18-14(36)5-11(33)6-16(18)49-27(28)10-2-3-12(34)13(35)4-10/h2-6,9,15,17,19-21,23-26,29-40,42-45H,7-8H2,1H3/t9?,15-,17?,19+,20?,21-,23+,24?,25-,26?,29?,30-,31+,32+/m1/s1. The molecule has 3 aromatic rings. The molecule has 52 heavy (non-hydrogen) atoms. The van der Waals surface area contributed by atoms with Gasteiger partial charge in [-0.05, 0) is 25.1 Å². The third kappa shape index (κ3) is 7.09. The molecule has 3 fully saturated rings. The van der Waals surface area contributed by atoms with Crippen LogP contribution in [0.25, 0.3) is 22.3 Å². The highest BCUT2D eigenvalue weighted by Crippen LogP contribution is 2.40. The Hall–Kier alpha value is -3.87. The van der Waals surface area contributed by atoms with Gasteiger partial charge in [0.05, 0.1) is 19.3 Å². The Labute approximate surface area is 292 Å². The molecule has 14 atom stereocenters. The zero-order chi connectivity index (χ0) is 37.8. The number of rotatable bonds is 8. The fourth-order valence-electron chi connectivity index (χ4n) is 6.02. The summed E-state index contributed by atoms with van der Waals surface area (Å²) >= 11 is 0. The van der Waals surface area contributed by atoms with Crippen molar-refractivity contribution in [1.29, 1.82) is 0 Å². The van der Waals surface area contributed by atoms with Gasteiger partial charge in [-0.15, -0.1) is 0 Å². The first-order chi connectivity index (χ1) is 24.6. The monoisotopic (exact) mass is 742 g/mol. The number of hydrogen-bond donors (Lipinski definition) is 12. The summed E-state index contributed by atoms with van der Waals surface area (Å²) in [6, 6.07) is 5.09. The van der Waals surface area contributed by atoms with Gasteiger partial charge in [-0.1, -0.05) is 0 Å². The van der Waals surface area contributed by atoms with Crippen LogP contribution in [0.15, 0.2) is 39.5 Å². The zero-order valence-corrected chi connectivity index (χ0v) is 27.0. The van der Waals surface area contributed by atoms with E-state index in [4.69, 9.17) is 32.8 Å². The maximum atomic E-state index is 14.0. The van der Waals surface area contributed by atoms with Crippen LogP contribution in [0.2, 0.25) is 0 Å². The smallest absolute Gasteiger partial charge is 0.239 e. The summed E-state index contributed by atoms with van der Waals surface area (Å²) < 4.78 is 39.7. The highest BCUT2D eigenvalue weighted by atomic mass is 16.8. The van der Waals surface area contributed by atoms with E-state index in [9.17, 15) is 66.1 Å². The summed E-state index contributed by atoms with van der Waals surface area (Å²) in [5.41, 5.74) is -1.54. The minimum atomic E-state index is -2.03. The van der Waals surface area contributed by atoms with Crippen molar-refractivity contribution in [1.82, 2.24) is 0 Å².